The maximum atomic E-state index is 12.3. The standard InChI is InChI=1S/C12H15BrCl2O2S/c1-8(2)9(6-13)7-18(16,17)12-5-10(14)3-4-11(12)15/h3-5,8-9H,6-7H2,1-2H3. The average Bonchev–Trinajstić information content (AvgIpc) is 2.28. The first-order chi connectivity index (χ1) is 8.27. The molecule has 1 aromatic carbocycles. The van der Waals surface area contributed by atoms with Crippen molar-refractivity contribution in [3.63, 3.8) is 0 Å². The number of hydrogen-bond donors (Lipinski definition) is 0. The van der Waals surface area contributed by atoms with Gasteiger partial charge < -0.3 is 0 Å². The van der Waals surface area contributed by atoms with E-state index in [0.717, 1.165) is 0 Å². The van der Waals surface area contributed by atoms with E-state index in [4.69, 9.17) is 23.2 Å². The normalized spacial score (nSPS) is 13.9. The molecule has 0 aliphatic rings. The predicted molar refractivity (Wildman–Crippen MR) is 80.6 cm³/mol. The molecule has 1 rings (SSSR count). The fourth-order valence-corrected chi connectivity index (χ4v) is 5.41. The second kappa shape index (κ2) is 6.60. The van der Waals surface area contributed by atoms with Crippen LogP contribution in [0.2, 0.25) is 10.0 Å². The molecule has 0 saturated carbocycles. The number of sulfone groups is 1. The lowest BCUT2D eigenvalue weighted by atomic mass is 10.0. The van der Waals surface area contributed by atoms with Crippen molar-refractivity contribution in [3.05, 3.63) is 28.2 Å². The minimum absolute atomic E-state index is 0.0463. The first kappa shape index (κ1) is 16.3. The molecule has 0 fully saturated rings. The highest BCUT2D eigenvalue weighted by atomic mass is 79.9. The highest BCUT2D eigenvalue weighted by Crippen LogP contribution is 2.28. The fourth-order valence-electron chi connectivity index (χ4n) is 1.50. The summed E-state index contributed by atoms with van der Waals surface area (Å²) in [4.78, 5) is 0.114. The molecule has 18 heavy (non-hydrogen) atoms. The van der Waals surface area contributed by atoms with Gasteiger partial charge in [0.15, 0.2) is 9.84 Å². The van der Waals surface area contributed by atoms with Crippen LogP contribution in [0.3, 0.4) is 0 Å². The molecule has 0 amide bonds. The van der Waals surface area contributed by atoms with Crippen LogP contribution in [0.4, 0.5) is 0 Å². The Morgan fingerprint density at radius 1 is 1.28 bits per heavy atom. The smallest absolute Gasteiger partial charge is 0.180 e. The highest BCUT2D eigenvalue weighted by molar-refractivity contribution is 9.09. The van der Waals surface area contributed by atoms with Crippen LogP contribution in [0.1, 0.15) is 13.8 Å². The summed E-state index contributed by atoms with van der Waals surface area (Å²) in [6.45, 7) is 4.00. The topological polar surface area (TPSA) is 34.1 Å². The van der Waals surface area contributed by atoms with E-state index < -0.39 is 9.84 Å². The molecular formula is C12H15BrCl2O2S. The van der Waals surface area contributed by atoms with Crippen molar-refractivity contribution < 1.29 is 8.42 Å². The van der Waals surface area contributed by atoms with Crippen LogP contribution in [0.15, 0.2) is 23.1 Å². The number of halogens is 3. The van der Waals surface area contributed by atoms with Gasteiger partial charge in [0.1, 0.15) is 0 Å². The van der Waals surface area contributed by atoms with Gasteiger partial charge in [-0.1, -0.05) is 53.0 Å². The molecule has 0 saturated heterocycles. The van der Waals surface area contributed by atoms with Crippen LogP contribution in [0.25, 0.3) is 0 Å². The van der Waals surface area contributed by atoms with Gasteiger partial charge >= 0.3 is 0 Å². The van der Waals surface area contributed by atoms with Crippen molar-refractivity contribution in [2.24, 2.45) is 11.8 Å². The summed E-state index contributed by atoms with van der Waals surface area (Å²) in [5.74, 6) is 0.387. The lowest BCUT2D eigenvalue weighted by molar-refractivity contribution is 0.462. The third-order valence-corrected chi connectivity index (χ3v) is 6.19. The van der Waals surface area contributed by atoms with E-state index in [9.17, 15) is 8.42 Å². The SMILES string of the molecule is CC(C)C(CBr)CS(=O)(=O)c1cc(Cl)ccc1Cl. The third-order valence-electron chi connectivity index (χ3n) is 2.80. The minimum Gasteiger partial charge on any atom is -0.224 e. The van der Waals surface area contributed by atoms with Gasteiger partial charge in [-0.15, -0.1) is 0 Å². The van der Waals surface area contributed by atoms with E-state index in [1.807, 2.05) is 13.8 Å². The van der Waals surface area contributed by atoms with Gasteiger partial charge in [-0.05, 0) is 30.0 Å². The lowest BCUT2D eigenvalue weighted by Crippen LogP contribution is -2.22. The van der Waals surface area contributed by atoms with Crippen molar-refractivity contribution in [2.75, 3.05) is 11.1 Å². The molecule has 6 heteroatoms. The Morgan fingerprint density at radius 2 is 1.89 bits per heavy atom. The van der Waals surface area contributed by atoms with Gasteiger partial charge in [0.2, 0.25) is 0 Å². The summed E-state index contributed by atoms with van der Waals surface area (Å²) in [5, 5.41) is 1.23. The quantitative estimate of drug-likeness (QED) is 0.715. The largest absolute Gasteiger partial charge is 0.224 e. The highest BCUT2D eigenvalue weighted by Gasteiger charge is 2.25. The van der Waals surface area contributed by atoms with E-state index >= 15 is 0 Å². The summed E-state index contributed by atoms with van der Waals surface area (Å²) in [6.07, 6.45) is 0. The summed E-state index contributed by atoms with van der Waals surface area (Å²) >= 11 is 15.1. The predicted octanol–water partition coefficient (Wildman–Crippen LogP) is 4.43. The summed E-state index contributed by atoms with van der Waals surface area (Å²) in [5.41, 5.74) is 0. The van der Waals surface area contributed by atoms with E-state index in [1.165, 1.54) is 12.1 Å². The van der Waals surface area contributed by atoms with Gasteiger partial charge in [-0.25, -0.2) is 8.42 Å². The number of hydrogen-bond acceptors (Lipinski definition) is 2. The number of benzene rings is 1. The van der Waals surface area contributed by atoms with E-state index in [-0.39, 0.29) is 27.5 Å². The Labute approximate surface area is 127 Å². The van der Waals surface area contributed by atoms with E-state index in [1.54, 1.807) is 6.07 Å². The molecule has 0 spiro atoms. The van der Waals surface area contributed by atoms with Crippen LogP contribution >= 0.6 is 39.1 Å². The van der Waals surface area contributed by atoms with Gasteiger partial charge in [0.05, 0.1) is 15.7 Å². The zero-order chi connectivity index (χ0) is 13.9. The molecule has 2 nitrogen and oxygen atoms in total. The number of rotatable bonds is 5. The molecular weight excluding hydrogens is 359 g/mol. The van der Waals surface area contributed by atoms with E-state index in [2.05, 4.69) is 15.9 Å². The Morgan fingerprint density at radius 3 is 2.39 bits per heavy atom. The first-order valence-corrected chi connectivity index (χ1v) is 9.04. The Bertz CT molecular complexity index is 515. The Kier molecular flexibility index (Phi) is 5.97. The van der Waals surface area contributed by atoms with E-state index in [0.29, 0.717) is 10.4 Å². The van der Waals surface area contributed by atoms with Crippen molar-refractivity contribution in [1.29, 1.82) is 0 Å². The fraction of sp³-hybridized carbons (Fsp3) is 0.500. The Balaban J connectivity index is 3.10. The molecule has 0 N–H and O–H groups in total. The van der Waals surface area contributed by atoms with Gasteiger partial charge in [0.25, 0.3) is 0 Å². The Hall–Kier alpha value is 0.230. The summed E-state index contributed by atoms with van der Waals surface area (Å²) in [7, 11) is -3.42. The van der Waals surface area contributed by atoms with Gasteiger partial charge in [-0.2, -0.15) is 0 Å². The maximum Gasteiger partial charge on any atom is 0.180 e. The monoisotopic (exact) mass is 372 g/mol. The second-order valence-corrected chi connectivity index (χ2v) is 8.01. The molecule has 1 unspecified atom stereocenters. The van der Waals surface area contributed by atoms with Crippen LogP contribution < -0.4 is 0 Å². The van der Waals surface area contributed by atoms with Crippen LogP contribution in [0.5, 0.6) is 0 Å². The molecule has 102 valence electrons. The number of alkyl halides is 1. The molecule has 0 aromatic heterocycles. The summed E-state index contributed by atoms with van der Waals surface area (Å²) in [6, 6.07) is 4.49. The van der Waals surface area contributed by atoms with Crippen molar-refractivity contribution in [2.45, 2.75) is 18.7 Å². The summed E-state index contributed by atoms with van der Waals surface area (Å²) < 4.78 is 24.6. The lowest BCUT2D eigenvalue weighted by Gasteiger charge is -2.18. The average molecular weight is 374 g/mol. The molecule has 1 aromatic rings. The van der Waals surface area contributed by atoms with Crippen molar-refractivity contribution >= 4 is 49.0 Å². The molecule has 1 atom stereocenters. The maximum absolute atomic E-state index is 12.3. The van der Waals surface area contributed by atoms with Crippen LogP contribution in [0, 0.1) is 11.8 Å². The van der Waals surface area contributed by atoms with Crippen molar-refractivity contribution in [1.82, 2.24) is 0 Å². The third kappa shape index (κ3) is 4.12. The molecule has 0 aliphatic carbocycles. The van der Waals surface area contributed by atoms with Gasteiger partial charge in [0, 0.05) is 10.4 Å². The molecule has 0 bridgehead atoms. The van der Waals surface area contributed by atoms with Crippen LogP contribution in [-0.4, -0.2) is 19.5 Å². The van der Waals surface area contributed by atoms with Crippen LogP contribution in [-0.2, 0) is 9.84 Å². The van der Waals surface area contributed by atoms with Crippen molar-refractivity contribution in [3.8, 4) is 0 Å². The molecule has 0 heterocycles. The second-order valence-electron chi connectivity index (χ2n) is 4.51. The minimum atomic E-state index is -3.42. The zero-order valence-corrected chi connectivity index (χ0v) is 14.1. The zero-order valence-electron chi connectivity index (χ0n) is 10.2. The first-order valence-electron chi connectivity index (χ1n) is 5.51. The van der Waals surface area contributed by atoms with Gasteiger partial charge in [-0.3, -0.25) is 0 Å². The molecule has 0 aliphatic heterocycles. The molecule has 0 radical (unpaired) electrons.